The van der Waals surface area contributed by atoms with E-state index in [1.807, 2.05) is 30.3 Å². The number of aryl methyl sites for hydroxylation is 1. The summed E-state index contributed by atoms with van der Waals surface area (Å²) in [4.78, 5) is 0. The predicted octanol–water partition coefficient (Wildman–Crippen LogP) is 7.97. The van der Waals surface area contributed by atoms with Gasteiger partial charge in [0.25, 0.3) is 0 Å². The third-order valence-corrected chi connectivity index (χ3v) is 11.5. The fraction of sp³-hybridized carbons (Fsp3) is 0.167. The molecular formula is C36H36OP+. The van der Waals surface area contributed by atoms with Crippen LogP contribution in [0, 0.1) is 0 Å². The lowest BCUT2D eigenvalue weighted by molar-refractivity contribution is 0.305. The van der Waals surface area contributed by atoms with Crippen LogP contribution in [-0.2, 0) is 12.6 Å². The van der Waals surface area contributed by atoms with Crippen LogP contribution in [0.2, 0.25) is 0 Å². The highest BCUT2D eigenvalue weighted by molar-refractivity contribution is 7.95. The van der Waals surface area contributed by atoms with Crippen LogP contribution < -0.4 is 20.7 Å². The summed E-state index contributed by atoms with van der Waals surface area (Å²) in [6, 6.07) is 52.9. The highest BCUT2D eigenvalue weighted by Crippen LogP contribution is 2.58. The zero-order valence-corrected chi connectivity index (χ0v) is 22.8. The van der Waals surface area contributed by atoms with Gasteiger partial charge in [-0.25, -0.2) is 0 Å². The summed E-state index contributed by atoms with van der Waals surface area (Å²) in [6.07, 6.45) is 5.52. The highest BCUT2D eigenvalue weighted by atomic mass is 31.2. The minimum Gasteiger partial charge on any atom is -0.494 e. The quantitative estimate of drug-likeness (QED) is 0.121. The molecule has 0 amide bonds. The van der Waals surface area contributed by atoms with Crippen molar-refractivity contribution in [2.45, 2.75) is 31.8 Å². The first-order valence-electron chi connectivity index (χ1n) is 13.7. The molecule has 5 aromatic carbocycles. The van der Waals surface area contributed by atoms with Crippen molar-refractivity contribution in [2.75, 3.05) is 6.61 Å². The zero-order chi connectivity index (χ0) is 25.9. The van der Waals surface area contributed by atoms with E-state index in [4.69, 9.17) is 4.74 Å². The molecule has 0 atom stereocenters. The molecule has 0 saturated heterocycles. The van der Waals surface area contributed by atoms with Gasteiger partial charge in [0, 0.05) is 0 Å². The molecule has 38 heavy (non-hydrogen) atoms. The summed E-state index contributed by atoms with van der Waals surface area (Å²) in [5.74, 6) is 0.959. The van der Waals surface area contributed by atoms with Gasteiger partial charge in [-0.3, -0.25) is 0 Å². The van der Waals surface area contributed by atoms with Crippen LogP contribution >= 0.6 is 7.26 Å². The Morgan fingerprint density at radius 3 is 1.61 bits per heavy atom. The molecule has 0 N–H and O–H groups in total. The maximum absolute atomic E-state index is 5.88. The molecular weight excluding hydrogens is 479 g/mol. The number of ether oxygens (including phenoxy) is 1. The van der Waals surface area contributed by atoms with Crippen LogP contribution in [0.15, 0.2) is 146 Å². The van der Waals surface area contributed by atoms with E-state index in [1.165, 1.54) is 39.9 Å². The van der Waals surface area contributed by atoms with Crippen molar-refractivity contribution >= 4 is 23.2 Å². The second-order valence-corrected chi connectivity index (χ2v) is 13.3. The van der Waals surface area contributed by atoms with E-state index in [0.29, 0.717) is 0 Å². The highest BCUT2D eigenvalue weighted by Gasteiger charge is 2.45. The Morgan fingerprint density at radius 1 is 0.447 bits per heavy atom. The molecule has 190 valence electrons. The lowest BCUT2D eigenvalue weighted by Gasteiger charge is -2.28. The van der Waals surface area contributed by atoms with Crippen LogP contribution in [-0.4, -0.2) is 6.61 Å². The first-order chi connectivity index (χ1) is 18.8. The average Bonchev–Trinajstić information content (AvgIpc) is 3.00. The van der Waals surface area contributed by atoms with Crippen molar-refractivity contribution in [3.05, 3.63) is 157 Å². The van der Waals surface area contributed by atoms with Crippen molar-refractivity contribution < 1.29 is 4.74 Å². The molecule has 5 aromatic rings. The van der Waals surface area contributed by atoms with Crippen LogP contribution in [0.1, 0.15) is 30.4 Å². The normalized spacial score (nSPS) is 11.3. The predicted molar refractivity (Wildman–Crippen MR) is 165 cm³/mol. The first-order valence-corrected chi connectivity index (χ1v) is 15.6. The number of hydrogen-bond acceptors (Lipinski definition) is 1. The number of rotatable bonds is 12. The van der Waals surface area contributed by atoms with E-state index in [1.54, 1.807) is 0 Å². The van der Waals surface area contributed by atoms with E-state index < -0.39 is 7.26 Å². The van der Waals surface area contributed by atoms with Gasteiger partial charge in [0.05, 0.1) is 12.8 Å². The SMILES string of the molecule is c1ccc(C[P+](c2ccccc2)(c2ccccc2)c2cccc(CCCCCOc3ccccc3)c2)cc1. The van der Waals surface area contributed by atoms with Gasteiger partial charge >= 0.3 is 0 Å². The summed E-state index contributed by atoms with van der Waals surface area (Å²) in [6.45, 7) is 0.776. The first kappa shape index (κ1) is 26.0. The maximum Gasteiger partial charge on any atom is 0.119 e. The lowest BCUT2D eigenvalue weighted by atomic mass is 10.1. The molecule has 0 bridgehead atoms. The molecule has 1 nitrogen and oxygen atoms in total. The minimum absolute atomic E-state index is 0.776. The van der Waals surface area contributed by atoms with Crippen LogP contribution in [0.4, 0.5) is 0 Å². The minimum atomic E-state index is -1.91. The van der Waals surface area contributed by atoms with E-state index in [0.717, 1.165) is 31.4 Å². The molecule has 0 fully saturated rings. The molecule has 0 aliphatic rings. The molecule has 0 spiro atoms. The number of para-hydroxylation sites is 1. The van der Waals surface area contributed by atoms with Gasteiger partial charge < -0.3 is 4.74 Å². The van der Waals surface area contributed by atoms with Crippen molar-refractivity contribution in [1.29, 1.82) is 0 Å². The maximum atomic E-state index is 5.88. The molecule has 0 heterocycles. The van der Waals surface area contributed by atoms with Gasteiger partial charge in [0.15, 0.2) is 0 Å². The smallest absolute Gasteiger partial charge is 0.119 e. The lowest BCUT2D eigenvalue weighted by Crippen LogP contribution is -2.32. The van der Waals surface area contributed by atoms with Gasteiger partial charge in [-0.2, -0.15) is 0 Å². The summed E-state index contributed by atoms with van der Waals surface area (Å²) in [7, 11) is -1.91. The largest absolute Gasteiger partial charge is 0.494 e. The Labute approximate surface area is 228 Å². The summed E-state index contributed by atoms with van der Waals surface area (Å²) in [5, 5.41) is 4.33. The molecule has 0 aliphatic heterocycles. The Balaban J connectivity index is 1.39. The Kier molecular flexibility index (Phi) is 9.03. The van der Waals surface area contributed by atoms with E-state index in [9.17, 15) is 0 Å². The standard InChI is InChI=1S/C36H36OP/c1-6-18-32(19-7-1)30-38(34-23-11-3-12-24-34,35-25-13-4-14-26-35)36-27-16-20-31(29-36)17-8-5-15-28-37-33-21-9-2-10-22-33/h1-4,6-7,9-14,16,18-27,29H,5,8,15,17,28,30H2/q+1. The molecule has 0 radical (unpaired) electrons. The van der Waals surface area contributed by atoms with Crippen LogP contribution in [0.5, 0.6) is 5.75 Å². The van der Waals surface area contributed by atoms with Gasteiger partial charge in [0.2, 0.25) is 0 Å². The second kappa shape index (κ2) is 13.2. The zero-order valence-electron chi connectivity index (χ0n) is 22.0. The number of hydrogen-bond donors (Lipinski definition) is 0. The van der Waals surface area contributed by atoms with Crippen molar-refractivity contribution in [1.82, 2.24) is 0 Å². The Hall–Kier alpha value is -3.67. The van der Waals surface area contributed by atoms with Crippen LogP contribution in [0.3, 0.4) is 0 Å². The topological polar surface area (TPSA) is 9.23 Å². The summed E-state index contributed by atoms with van der Waals surface area (Å²) >= 11 is 0. The number of unbranched alkanes of at least 4 members (excludes halogenated alkanes) is 2. The van der Waals surface area contributed by atoms with E-state index in [2.05, 4.69) is 115 Å². The molecule has 5 rings (SSSR count). The molecule has 0 unspecified atom stereocenters. The summed E-state index contributed by atoms with van der Waals surface area (Å²) in [5.41, 5.74) is 2.81. The molecule has 2 heteroatoms. The fourth-order valence-corrected chi connectivity index (χ4v) is 9.50. The molecule has 0 aromatic heterocycles. The van der Waals surface area contributed by atoms with Gasteiger partial charge in [-0.1, -0.05) is 97.1 Å². The van der Waals surface area contributed by atoms with E-state index in [-0.39, 0.29) is 0 Å². The van der Waals surface area contributed by atoms with Crippen molar-refractivity contribution in [3.8, 4) is 5.75 Å². The number of benzene rings is 5. The van der Waals surface area contributed by atoms with Gasteiger partial charge in [-0.15, -0.1) is 0 Å². The third kappa shape index (κ3) is 6.42. The summed E-state index contributed by atoms with van der Waals surface area (Å²) < 4.78 is 5.88. The monoisotopic (exact) mass is 515 g/mol. The molecule has 0 aliphatic carbocycles. The fourth-order valence-electron chi connectivity index (χ4n) is 5.21. The van der Waals surface area contributed by atoms with Gasteiger partial charge in [0.1, 0.15) is 28.9 Å². The van der Waals surface area contributed by atoms with Crippen molar-refractivity contribution in [2.24, 2.45) is 0 Å². The average molecular weight is 516 g/mol. The third-order valence-electron chi connectivity index (χ3n) is 7.13. The van der Waals surface area contributed by atoms with Crippen LogP contribution in [0.25, 0.3) is 0 Å². The van der Waals surface area contributed by atoms with E-state index >= 15 is 0 Å². The van der Waals surface area contributed by atoms with Crippen molar-refractivity contribution in [3.63, 3.8) is 0 Å². The van der Waals surface area contributed by atoms with Gasteiger partial charge in [-0.05, 0) is 85.3 Å². The Morgan fingerprint density at radius 2 is 0.974 bits per heavy atom. The molecule has 0 saturated carbocycles. The second-order valence-electron chi connectivity index (χ2n) is 9.77. The Bertz CT molecular complexity index is 1330.